The van der Waals surface area contributed by atoms with Gasteiger partial charge in [0, 0.05) is 4.47 Å². The second-order valence-corrected chi connectivity index (χ2v) is 6.45. The lowest BCUT2D eigenvalue weighted by Crippen LogP contribution is -2.19. The molecule has 0 spiro atoms. The fourth-order valence-corrected chi connectivity index (χ4v) is 2.52. The molecule has 2 amide bonds. The van der Waals surface area contributed by atoms with Gasteiger partial charge in [-0.15, -0.1) is 21.8 Å². The highest BCUT2D eigenvalue weighted by Gasteiger charge is 2.10. The van der Waals surface area contributed by atoms with Crippen LogP contribution in [-0.4, -0.2) is 34.1 Å². The third kappa shape index (κ3) is 6.05. The molecule has 10 heteroatoms. The van der Waals surface area contributed by atoms with Gasteiger partial charge >= 0.3 is 0 Å². The highest BCUT2D eigenvalue weighted by Crippen LogP contribution is 2.15. The fraction of sp³-hybridized carbons (Fsp3) is 0.154. The fourth-order valence-electron chi connectivity index (χ4n) is 1.43. The summed E-state index contributed by atoms with van der Waals surface area (Å²) in [5, 5.41) is 14.7. The number of hydrogen-bond acceptors (Lipinski definition) is 6. The molecular weight excluding hydrogens is 406 g/mol. The van der Waals surface area contributed by atoms with Crippen LogP contribution in [0, 0.1) is 0 Å². The molecule has 120 valence electrons. The number of benzene rings is 1. The van der Waals surface area contributed by atoms with E-state index in [1.807, 2.05) is 24.3 Å². The van der Waals surface area contributed by atoms with Crippen LogP contribution in [0.4, 0.5) is 5.13 Å². The molecule has 0 aliphatic heterocycles. The molecule has 0 aliphatic rings. The largest absolute Gasteiger partial charge is 0.299 e. The van der Waals surface area contributed by atoms with Gasteiger partial charge in [-0.1, -0.05) is 39.4 Å². The van der Waals surface area contributed by atoms with E-state index in [0.717, 1.165) is 21.4 Å². The summed E-state index contributed by atoms with van der Waals surface area (Å²) >= 11 is 9.81. The number of carbonyl (C=O) groups excluding carboxylic acids is 2. The summed E-state index contributed by atoms with van der Waals surface area (Å²) in [5.74, 6) is -0.872. The first kappa shape index (κ1) is 17.5. The van der Waals surface area contributed by atoms with Crippen LogP contribution in [0.1, 0.15) is 10.6 Å². The molecule has 2 rings (SSSR count). The third-order valence-corrected chi connectivity index (χ3v) is 4.03. The van der Waals surface area contributed by atoms with Crippen molar-refractivity contribution in [2.75, 3.05) is 11.2 Å². The molecule has 0 atom stereocenters. The van der Waals surface area contributed by atoms with Gasteiger partial charge in [0.25, 0.3) is 0 Å². The molecule has 1 heterocycles. The van der Waals surface area contributed by atoms with Crippen LogP contribution in [0.3, 0.4) is 0 Å². The minimum absolute atomic E-state index is 0.0199. The lowest BCUT2D eigenvalue weighted by atomic mass is 10.2. The molecule has 2 aromatic rings. The number of carbonyl (C=O) groups is 2. The first-order valence-electron chi connectivity index (χ1n) is 6.32. The minimum atomic E-state index is -0.377. The topological polar surface area (TPSA) is 96.3 Å². The van der Waals surface area contributed by atoms with Gasteiger partial charge in [0.15, 0.2) is 0 Å². The Balaban J connectivity index is 1.82. The number of hydrazone groups is 1. The molecule has 0 saturated carbocycles. The first-order valence-corrected chi connectivity index (χ1v) is 8.47. The number of nitrogens with zero attached hydrogens (tertiary/aromatic N) is 3. The van der Waals surface area contributed by atoms with Crippen LogP contribution in [-0.2, 0) is 16.0 Å². The van der Waals surface area contributed by atoms with Crippen LogP contribution >= 0.6 is 38.9 Å². The number of halogens is 2. The predicted octanol–water partition coefficient (Wildman–Crippen LogP) is 2.17. The second kappa shape index (κ2) is 8.70. The van der Waals surface area contributed by atoms with Crippen molar-refractivity contribution in [2.45, 2.75) is 6.42 Å². The lowest BCUT2D eigenvalue weighted by molar-refractivity contribution is -0.120. The molecular formula is C13H11BrClN5O2S. The summed E-state index contributed by atoms with van der Waals surface area (Å²) in [5.41, 5.74) is 3.26. The molecule has 1 aromatic heterocycles. The van der Waals surface area contributed by atoms with Gasteiger partial charge in [0.1, 0.15) is 10.9 Å². The Morgan fingerprint density at radius 2 is 2.00 bits per heavy atom. The van der Waals surface area contributed by atoms with Gasteiger partial charge in [0.05, 0.1) is 12.6 Å². The summed E-state index contributed by atoms with van der Waals surface area (Å²) < 4.78 is 0.965. The Kier molecular flexibility index (Phi) is 6.63. The SMILES string of the molecule is O=C(Cc1nnc(NC(=O)CCl)s1)N/N=C\c1ccc(Br)cc1. The van der Waals surface area contributed by atoms with Crippen molar-refractivity contribution >= 4 is 62.0 Å². The summed E-state index contributed by atoms with van der Waals surface area (Å²) in [6.07, 6.45) is 1.56. The number of aromatic nitrogens is 2. The zero-order valence-electron chi connectivity index (χ0n) is 11.6. The molecule has 0 fully saturated rings. The first-order chi connectivity index (χ1) is 11.1. The molecule has 23 heavy (non-hydrogen) atoms. The number of nitrogens with one attached hydrogen (secondary N) is 2. The van der Waals surface area contributed by atoms with Gasteiger partial charge in [-0.2, -0.15) is 5.10 Å². The van der Waals surface area contributed by atoms with Crippen LogP contribution in [0.2, 0.25) is 0 Å². The van der Waals surface area contributed by atoms with E-state index in [0.29, 0.717) is 10.1 Å². The monoisotopic (exact) mass is 415 g/mol. The average Bonchev–Trinajstić information content (AvgIpc) is 2.96. The van der Waals surface area contributed by atoms with Crippen LogP contribution in [0.15, 0.2) is 33.8 Å². The zero-order chi connectivity index (χ0) is 16.7. The van der Waals surface area contributed by atoms with E-state index >= 15 is 0 Å². The minimum Gasteiger partial charge on any atom is -0.299 e. The Labute approximate surface area is 149 Å². The molecule has 7 nitrogen and oxygen atoms in total. The highest BCUT2D eigenvalue weighted by molar-refractivity contribution is 9.10. The van der Waals surface area contributed by atoms with Crippen molar-refractivity contribution in [3.63, 3.8) is 0 Å². The maximum absolute atomic E-state index is 11.7. The van der Waals surface area contributed by atoms with E-state index in [2.05, 4.69) is 42.0 Å². The Bertz CT molecular complexity index is 719. The van der Waals surface area contributed by atoms with Crippen LogP contribution < -0.4 is 10.7 Å². The zero-order valence-corrected chi connectivity index (χ0v) is 14.8. The van der Waals surface area contributed by atoms with E-state index in [1.165, 1.54) is 6.21 Å². The van der Waals surface area contributed by atoms with E-state index in [4.69, 9.17) is 11.6 Å². The number of alkyl halides is 1. The Morgan fingerprint density at radius 1 is 1.26 bits per heavy atom. The van der Waals surface area contributed by atoms with Crippen LogP contribution in [0.5, 0.6) is 0 Å². The maximum atomic E-state index is 11.7. The van der Waals surface area contributed by atoms with Crippen molar-refractivity contribution in [1.29, 1.82) is 0 Å². The summed E-state index contributed by atoms with van der Waals surface area (Å²) in [6.45, 7) is 0. The summed E-state index contributed by atoms with van der Waals surface area (Å²) in [4.78, 5) is 22.8. The van der Waals surface area contributed by atoms with Gasteiger partial charge < -0.3 is 0 Å². The molecule has 0 saturated heterocycles. The molecule has 2 N–H and O–H groups in total. The van der Waals surface area contributed by atoms with Crippen molar-refractivity contribution in [1.82, 2.24) is 15.6 Å². The Morgan fingerprint density at radius 3 is 2.70 bits per heavy atom. The quantitative estimate of drug-likeness (QED) is 0.428. The number of anilines is 1. The molecule has 0 aliphatic carbocycles. The number of amides is 2. The smallest absolute Gasteiger partial charge is 0.247 e. The predicted molar refractivity (Wildman–Crippen MR) is 92.8 cm³/mol. The normalized spacial score (nSPS) is 10.7. The average molecular weight is 417 g/mol. The highest BCUT2D eigenvalue weighted by atomic mass is 79.9. The molecule has 0 bridgehead atoms. The van der Waals surface area contributed by atoms with Gasteiger partial charge in [-0.25, -0.2) is 5.43 Å². The van der Waals surface area contributed by atoms with Crippen molar-refractivity contribution in [2.24, 2.45) is 5.10 Å². The van der Waals surface area contributed by atoms with E-state index in [1.54, 1.807) is 0 Å². The lowest BCUT2D eigenvalue weighted by Gasteiger charge is -1.97. The summed E-state index contributed by atoms with van der Waals surface area (Å²) in [7, 11) is 0. The van der Waals surface area contributed by atoms with Crippen molar-refractivity contribution < 1.29 is 9.59 Å². The van der Waals surface area contributed by atoms with E-state index in [-0.39, 0.29) is 24.1 Å². The molecule has 1 aromatic carbocycles. The van der Waals surface area contributed by atoms with Gasteiger partial charge in [-0.05, 0) is 17.7 Å². The van der Waals surface area contributed by atoms with Gasteiger partial charge in [0.2, 0.25) is 16.9 Å². The van der Waals surface area contributed by atoms with Crippen molar-refractivity contribution in [3.8, 4) is 0 Å². The standard InChI is InChI=1S/C13H11BrClN5O2S/c14-9-3-1-8(2-4-9)7-16-18-10(21)5-12-19-20-13(23-12)17-11(22)6-15/h1-4,7H,5-6H2,(H,18,21)(H,17,20,22)/b16-7-. The number of rotatable bonds is 6. The molecule has 0 unspecified atom stereocenters. The second-order valence-electron chi connectivity index (χ2n) is 4.20. The molecule has 0 radical (unpaired) electrons. The number of hydrogen-bond donors (Lipinski definition) is 2. The third-order valence-electron chi connectivity index (χ3n) is 2.42. The van der Waals surface area contributed by atoms with Crippen LogP contribution in [0.25, 0.3) is 0 Å². The van der Waals surface area contributed by atoms with E-state index in [9.17, 15) is 9.59 Å². The van der Waals surface area contributed by atoms with Gasteiger partial charge in [-0.3, -0.25) is 14.9 Å². The maximum Gasteiger partial charge on any atom is 0.247 e. The summed E-state index contributed by atoms with van der Waals surface area (Å²) in [6, 6.07) is 7.47. The Hall–Kier alpha value is -1.84. The van der Waals surface area contributed by atoms with Crippen molar-refractivity contribution in [3.05, 3.63) is 39.3 Å². The van der Waals surface area contributed by atoms with E-state index < -0.39 is 0 Å².